The average Bonchev–Trinajstić information content (AvgIpc) is 2.45. The van der Waals surface area contributed by atoms with Gasteiger partial charge in [-0.25, -0.2) is 0 Å². The van der Waals surface area contributed by atoms with Crippen LogP contribution in [0.2, 0.25) is 0 Å². The van der Waals surface area contributed by atoms with Crippen molar-refractivity contribution in [1.82, 2.24) is 5.32 Å². The average molecular weight is 417 g/mol. The minimum atomic E-state index is -0.0663. The highest BCUT2D eigenvalue weighted by Crippen LogP contribution is 2.35. The Bertz CT molecular complexity index is 476. The molecule has 0 aliphatic carbocycles. The summed E-state index contributed by atoms with van der Waals surface area (Å²) in [7, 11) is 0. The molecule has 0 saturated carbocycles. The molecule has 0 spiro atoms. The van der Waals surface area contributed by atoms with Crippen LogP contribution in [-0.4, -0.2) is 31.3 Å². The Morgan fingerprint density at radius 3 is 2.36 bits per heavy atom. The van der Waals surface area contributed by atoms with Gasteiger partial charge in [0, 0.05) is 24.2 Å². The lowest BCUT2D eigenvalue weighted by atomic mass is 9.74. The summed E-state index contributed by atoms with van der Waals surface area (Å²) in [5.41, 5.74) is 7.33. The molecule has 2 rings (SSSR count). The first-order valence-electron chi connectivity index (χ1n) is 7.63. The highest BCUT2D eigenvalue weighted by molar-refractivity contribution is 14.0. The first kappa shape index (κ1) is 19.2. The van der Waals surface area contributed by atoms with Gasteiger partial charge in [-0.15, -0.1) is 24.0 Å². The Labute approximate surface area is 150 Å². The van der Waals surface area contributed by atoms with Crippen LogP contribution in [0.5, 0.6) is 0 Å². The van der Waals surface area contributed by atoms with E-state index in [0.29, 0.717) is 12.5 Å². The summed E-state index contributed by atoms with van der Waals surface area (Å²) in [6.07, 6.45) is 1.98. The van der Waals surface area contributed by atoms with Crippen LogP contribution in [0.25, 0.3) is 0 Å². The molecule has 0 aromatic heterocycles. The van der Waals surface area contributed by atoms with Crippen molar-refractivity contribution in [2.24, 2.45) is 10.7 Å². The number of nitrogens with two attached hydrogens (primary N) is 1. The summed E-state index contributed by atoms with van der Waals surface area (Å²) in [6, 6.07) is 10.6. The molecule has 0 atom stereocenters. The van der Waals surface area contributed by atoms with Crippen LogP contribution >= 0.6 is 24.0 Å². The van der Waals surface area contributed by atoms with Gasteiger partial charge in [0.25, 0.3) is 0 Å². The van der Waals surface area contributed by atoms with E-state index in [-0.39, 0.29) is 34.9 Å². The van der Waals surface area contributed by atoms with E-state index >= 15 is 0 Å². The summed E-state index contributed by atoms with van der Waals surface area (Å²) in [6.45, 7) is 8.52. The maximum atomic E-state index is 6.02. The van der Waals surface area contributed by atoms with E-state index in [1.165, 1.54) is 5.56 Å². The molecular formula is C17H28IN3O. The molecule has 0 bridgehead atoms. The third-order valence-corrected chi connectivity index (χ3v) is 3.89. The summed E-state index contributed by atoms with van der Waals surface area (Å²) < 4.78 is 5.54. The van der Waals surface area contributed by atoms with Crippen LogP contribution < -0.4 is 11.1 Å². The summed E-state index contributed by atoms with van der Waals surface area (Å²) in [4.78, 5) is 4.61. The number of hydrogen-bond donors (Lipinski definition) is 2. The Morgan fingerprint density at radius 2 is 1.82 bits per heavy atom. The molecule has 1 aliphatic heterocycles. The maximum absolute atomic E-state index is 6.02. The Kier molecular flexibility index (Phi) is 7.12. The van der Waals surface area contributed by atoms with Crippen molar-refractivity contribution in [3.8, 4) is 0 Å². The van der Waals surface area contributed by atoms with Crippen LogP contribution in [0.1, 0.15) is 39.2 Å². The van der Waals surface area contributed by atoms with Crippen molar-refractivity contribution in [3.63, 3.8) is 0 Å². The SMILES string of the molecule is CC(C)(C)NC(N)=NCC1(c2ccccc2)CCOCC1.I. The van der Waals surface area contributed by atoms with Crippen molar-refractivity contribution in [2.75, 3.05) is 19.8 Å². The standard InChI is InChI=1S/C17H27N3O.HI/c1-16(2,3)20-15(18)19-13-17(9-11-21-12-10-17)14-7-5-4-6-8-14;/h4-8H,9-13H2,1-3H3,(H3,18,19,20);1H. The summed E-state index contributed by atoms with van der Waals surface area (Å²) >= 11 is 0. The summed E-state index contributed by atoms with van der Waals surface area (Å²) in [5, 5.41) is 3.22. The Morgan fingerprint density at radius 1 is 1.23 bits per heavy atom. The molecule has 124 valence electrons. The van der Waals surface area contributed by atoms with Gasteiger partial charge in [-0.2, -0.15) is 0 Å². The Hall–Kier alpha value is -0.820. The first-order valence-corrected chi connectivity index (χ1v) is 7.63. The van der Waals surface area contributed by atoms with Crippen LogP contribution in [0, 0.1) is 0 Å². The van der Waals surface area contributed by atoms with Gasteiger partial charge in [-0.1, -0.05) is 30.3 Å². The molecule has 1 fully saturated rings. The molecule has 1 saturated heterocycles. The number of nitrogens with one attached hydrogen (secondary N) is 1. The zero-order valence-corrected chi connectivity index (χ0v) is 16.1. The molecule has 0 amide bonds. The molecule has 4 nitrogen and oxygen atoms in total. The molecule has 0 radical (unpaired) electrons. The molecule has 0 unspecified atom stereocenters. The van der Waals surface area contributed by atoms with Crippen molar-refractivity contribution in [3.05, 3.63) is 35.9 Å². The van der Waals surface area contributed by atoms with E-state index in [4.69, 9.17) is 10.5 Å². The number of hydrogen-bond acceptors (Lipinski definition) is 2. The second-order valence-corrected chi connectivity index (χ2v) is 6.84. The third kappa shape index (κ3) is 5.43. The van der Waals surface area contributed by atoms with E-state index in [2.05, 4.69) is 61.4 Å². The zero-order valence-electron chi connectivity index (χ0n) is 13.8. The maximum Gasteiger partial charge on any atom is 0.189 e. The van der Waals surface area contributed by atoms with E-state index in [1.807, 2.05) is 0 Å². The number of guanidine groups is 1. The monoisotopic (exact) mass is 417 g/mol. The number of rotatable bonds is 3. The molecule has 1 aromatic rings. The number of halogens is 1. The predicted octanol–water partition coefficient (Wildman–Crippen LogP) is 3.06. The van der Waals surface area contributed by atoms with Gasteiger partial charge in [0.2, 0.25) is 0 Å². The van der Waals surface area contributed by atoms with Gasteiger partial charge in [-0.3, -0.25) is 4.99 Å². The third-order valence-electron chi connectivity index (χ3n) is 3.89. The van der Waals surface area contributed by atoms with Crippen LogP contribution in [-0.2, 0) is 10.2 Å². The quantitative estimate of drug-likeness (QED) is 0.452. The second-order valence-electron chi connectivity index (χ2n) is 6.84. The van der Waals surface area contributed by atoms with E-state index in [0.717, 1.165) is 26.1 Å². The number of nitrogens with zero attached hydrogens (tertiary/aromatic N) is 1. The second kappa shape index (κ2) is 8.15. The fourth-order valence-corrected chi connectivity index (χ4v) is 2.75. The van der Waals surface area contributed by atoms with Crippen molar-refractivity contribution in [2.45, 2.75) is 44.6 Å². The highest BCUT2D eigenvalue weighted by Gasteiger charge is 2.34. The van der Waals surface area contributed by atoms with Gasteiger partial charge in [0.1, 0.15) is 0 Å². The van der Waals surface area contributed by atoms with Crippen molar-refractivity contribution < 1.29 is 4.74 Å². The fraction of sp³-hybridized carbons (Fsp3) is 0.588. The van der Waals surface area contributed by atoms with Crippen molar-refractivity contribution >= 4 is 29.9 Å². The smallest absolute Gasteiger partial charge is 0.189 e. The normalized spacial score (nSPS) is 18.4. The lowest BCUT2D eigenvalue weighted by Gasteiger charge is -2.36. The van der Waals surface area contributed by atoms with Gasteiger partial charge in [0.05, 0.1) is 6.54 Å². The van der Waals surface area contributed by atoms with E-state index < -0.39 is 0 Å². The predicted molar refractivity (Wildman–Crippen MR) is 103 cm³/mol. The van der Waals surface area contributed by atoms with Crippen LogP contribution in [0.15, 0.2) is 35.3 Å². The van der Waals surface area contributed by atoms with Gasteiger partial charge in [-0.05, 0) is 39.2 Å². The molecule has 1 heterocycles. The first-order chi connectivity index (χ1) is 9.91. The number of benzene rings is 1. The summed E-state index contributed by atoms with van der Waals surface area (Å²) in [5.74, 6) is 0.518. The molecule has 1 aliphatic rings. The zero-order chi connectivity index (χ0) is 15.3. The minimum Gasteiger partial charge on any atom is -0.381 e. The van der Waals surface area contributed by atoms with Gasteiger partial charge in [0.15, 0.2) is 5.96 Å². The Balaban J connectivity index is 0.00000242. The molecule has 1 aromatic carbocycles. The number of ether oxygens (including phenoxy) is 1. The number of aliphatic imine (C=N–C) groups is 1. The minimum absolute atomic E-state index is 0. The molecule has 22 heavy (non-hydrogen) atoms. The molecule has 3 N–H and O–H groups in total. The van der Waals surface area contributed by atoms with Gasteiger partial charge >= 0.3 is 0 Å². The lowest BCUT2D eigenvalue weighted by Crippen LogP contribution is -2.46. The highest BCUT2D eigenvalue weighted by atomic mass is 127. The van der Waals surface area contributed by atoms with Crippen LogP contribution in [0.3, 0.4) is 0 Å². The van der Waals surface area contributed by atoms with E-state index in [9.17, 15) is 0 Å². The van der Waals surface area contributed by atoms with Crippen LogP contribution in [0.4, 0.5) is 0 Å². The molecular weight excluding hydrogens is 389 g/mol. The molecule has 5 heteroatoms. The van der Waals surface area contributed by atoms with E-state index in [1.54, 1.807) is 0 Å². The topological polar surface area (TPSA) is 59.6 Å². The van der Waals surface area contributed by atoms with Gasteiger partial charge < -0.3 is 15.8 Å². The lowest BCUT2D eigenvalue weighted by molar-refractivity contribution is 0.0531. The fourth-order valence-electron chi connectivity index (χ4n) is 2.75. The van der Waals surface area contributed by atoms with Crippen molar-refractivity contribution in [1.29, 1.82) is 0 Å². The largest absolute Gasteiger partial charge is 0.381 e.